The van der Waals surface area contributed by atoms with E-state index in [1.165, 1.54) is 0 Å². The SMILES string of the molecule is CCOC(=O)c1cc(C(C)(C)C)c(O)c(C(C)(C)C)c1-c1ccc(-c2[nH]ccc2C(=N)c2cccs2)cc1. The number of benzene rings is 2. The fourth-order valence-electron chi connectivity index (χ4n) is 4.82. The van der Waals surface area contributed by atoms with Crippen molar-refractivity contribution in [3.8, 4) is 28.1 Å². The predicted molar refractivity (Wildman–Crippen MR) is 157 cm³/mol. The Hall–Kier alpha value is -3.64. The number of H-pyrrole nitrogens is 1. The summed E-state index contributed by atoms with van der Waals surface area (Å²) < 4.78 is 5.48. The first kappa shape index (κ1) is 27.4. The molecule has 38 heavy (non-hydrogen) atoms. The van der Waals surface area contributed by atoms with Crippen molar-refractivity contribution >= 4 is 23.0 Å². The van der Waals surface area contributed by atoms with E-state index in [-0.39, 0.29) is 17.8 Å². The van der Waals surface area contributed by atoms with Gasteiger partial charge in [-0.05, 0) is 52.5 Å². The van der Waals surface area contributed by atoms with E-state index in [0.29, 0.717) is 22.4 Å². The van der Waals surface area contributed by atoms with E-state index in [1.54, 1.807) is 24.3 Å². The van der Waals surface area contributed by atoms with Gasteiger partial charge in [0, 0.05) is 28.5 Å². The lowest BCUT2D eigenvalue weighted by Gasteiger charge is -2.31. The van der Waals surface area contributed by atoms with Crippen LogP contribution in [0.3, 0.4) is 0 Å². The number of aromatic amines is 1. The van der Waals surface area contributed by atoms with Crippen LogP contribution in [0.2, 0.25) is 0 Å². The summed E-state index contributed by atoms with van der Waals surface area (Å²) in [5.41, 5.74) is 5.68. The number of hydrogen-bond acceptors (Lipinski definition) is 5. The molecule has 4 aromatic rings. The number of hydrogen-bond donors (Lipinski definition) is 3. The van der Waals surface area contributed by atoms with Gasteiger partial charge >= 0.3 is 5.97 Å². The molecule has 0 fully saturated rings. The summed E-state index contributed by atoms with van der Waals surface area (Å²) in [6, 6.07) is 15.5. The summed E-state index contributed by atoms with van der Waals surface area (Å²) in [7, 11) is 0. The lowest BCUT2D eigenvalue weighted by Crippen LogP contribution is -2.21. The Labute approximate surface area is 229 Å². The molecule has 0 spiro atoms. The molecular weight excluding hydrogens is 492 g/mol. The van der Waals surface area contributed by atoms with E-state index in [9.17, 15) is 9.90 Å². The van der Waals surface area contributed by atoms with Crippen molar-refractivity contribution < 1.29 is 14.6 Å². The topological polar surface area (TPSA) is 86.2 Å². The maximum absolute atomic E-state index is 13.3. The number of esters is 1. The Morgan fingerprint density at radius 1 is 0.974 bits per heavy atom. The highest BCUT2D eigenvalue weighted by Gasteiger charge is 2.33. The molecule has 0 radical (unpaired) electrons. The number of aromatic nitrogens is 1. The molecule has 0 amide bonds. The molecule has 0 aliphatic heterocycles. The Balaban J connectivity index is 1.89. The van der Waals surface area contributed by atoms with E-state index in [4.69, 9.17) is 10.1 Å². The molecule has 0 saturated heterocycles. The van der Waals surface area contributed by atoms with E-state index < -0.39 is 11.4 Å². The molecule has 2 aromatic heterocycles. The second-order valence-electron chi connectivity index (χ2n) is 11.5. The van der Waals surface area contributed by atoms with Gasteiger partial charge in [-0.25, -0.2) is 4.79 Å². The fourth-order valence-corrected chi connectivity index (χ4v) is 5.51. The third kappa shape index (κ3) is 5.18. The molecule has 0 aliphatic carbocycles. The van der Waals surface area contributed by atoms with Crippen molar-refractivity contribution in [1.29, 1.82) is 5.41 Å². The van der Waals surface area contributed by atoms with Crippen LogP contribution in [-0.4, -0.2) is 28.4 Å². The van der Waals surface area contributed by atoms with Crippen molar-refractivity contribution in [2.75, 3.05) is 6.61 Å². The number of nitrogens with one attached hydrogen (secondary N) is 2. The van der Waals surface area contributed by atoms with E-state index in [1.807, 2.05) is 95.6 Å². The van der Waals surface area contributed by atoms with Crippen LogP contribution in [0, 0.1) is 5.41 Å². The average Bonchev–Trinajstić information content (AvgIpc) is 3.54. The van der Waals surface area contributed by atoms with Gasteiger partial charge in [0.25, 0.3) is 0 Å². The number of carbonyl (C=O) groups excluding carboxylic acids is 1. The van der Waals surface area contributed by atoms with E-state index in [0.717, 1.165) is 32.8 Å². The molecule has 5 nitrogen and oxygen atoms in total. The zero-order valence-corrected chi connectivity index (χ0v) is 24.0. The third-order valence-corrected chi connectivity index (χ3v) is 7.49. The summed E-state index contributed by atoms with van der Waals surface area (Å²) in [5, 5.41) is 22.2. The van der Waals surface area contributed by atoms with Gasteiger partial charge < -0.3 is 14.8 Å². The van der Waals surface area contributed by atoms with Gasteiger partial charge in [0.1, 0.15) is 5.75 Å². The molecule has 2 heterocycles. The van der Waals surface area contributed by atoms with Crippen LogP contribution in [-0.2, 0) is 15.6 Å². The Bertz CT molecular complexity index is 1460. The molecule has 0 aliphatic rings. The van der Waals surface area contributed by atoms with Gasteiger partial charge in [-0.15, -0.1) is 11.3 Å². The number of phenols is 1. The molecular formula is C32H36N2O3S. The van der Waals surface area contributed by atoms with E-state index in [2.05, 4.69) is 4.98 Å². The lowest BCUT2D eigenvalue weighted by atomic mass is 9.74. The van der Waals surface area contributed by atoms with Crippen molar-refractivity contribution in [2.45, 2.75) is 59.3 Å². The van der Waals surface area contributed by atoms with Crippen molar-refractivity contribution in [2.24, 2.45) is 0 Å². The summed E-state index contributed by atoms with van der Waals surface area (Å²) in [6.45, 7) is 14.3. The standard InChI is InChI=1S/C32H36N2O3S/c1-8-37-30(36)22-18-23(31(2,3)4)29(35)26(32(5,6)7)25(22)19-11-13-20(14-12-19)28-21(15-16-34-28)27(33)24-10-9-17-38-24/h9-18,33-35H,8H2,1-7H3. The van der Waals surface area contributed by atoms with Crippen molar-refractivity contribution in [1.82, 2.24) is 4.98 Å². The monoisotopic (exact) mass is 528 g/mol. The van der Waals surface area contributed by atoms with Crippen LogP contribution in [0.5, 0.6) is 5.75 Å². The predicted octanol–water partition coefficient (Wildman–Crippen LogP) is 8.30. The number of rotatable bonds is 6. The summed E-state index contributed by atoms with van der Waals surface area (Å²) >= 11 is 1.54. The highest BCUT2D eigenvalue weighted by molar-refractivity contribution is 7.12. The lowest BCUT2D eigenvalue weighted by molar-refractivity contribution is 0.0527. The van der Waals surface area contributed by atoms with Gasteiger partial charge in [-0.2, -0.15) is 0 Å². The van der Waals surface area contributed by atoms with Gasteiger partial charge in [0.05, 0.1) is 28.5 Å². The highest BCUT2D eigenvalue weighted by atomic mass is 32.1. The Morgan fingerprint density at radius 3 is 2.18 bits per heavy atom. The summed E-state index contributed by atoms with van der Waals surface area (Å²) in [5.74, 6) is -0.188. The quantitative estimate of drug-likeness (QED) is 0.174. The zero-order chi connectivity index (χ0) is 27.8. The molecule has 0 atom stereocenters. The molecule has 3 N–H and O–H groups in total. The maximum atomic E-state index is 13.3. The molecule has 198 valence electrons. The summed E-state index contributed by atoms with van der Waals surface area (Å²) in [4.78, 5) is 17.5. The number of ether oxygens (including phenoxy) is 1. The second kappa shape index (κ2) is 10.3. The largest absolute Gasteiger partial charge is 0.507 e. The zero-order valence-electron chi connectivity index (χ0n) is 23.2. The number of phenolic OH excluding ortho intramolecular Hbond substituents is 1. The van der Waals surface area contributed by atoms with Crippen LogP contribution < -0.4 is 0 Å². The number of aromatic hydroxyl groups is 1. The normalized spacial score (nSPS) is 12.0. The van der Waals surface area contributed by atoms with Gasteiger partial charge in [-0.1, -0.05) is 71.9 Å². The van der Waals surface area contributed by atoms with Gasteiger partial charge in [-0.3, -0.25) is 5.41 Å². The van der Waals surface area contributed by atoms with Crippen LogP contribution in [0.25, 0.3) is 22.4 Å². The molecule has 0 unspecified atom stereocenters. The van der Waals surface area contributed by atoms with Crippen LogP contribution in [0.1, 0.15) is 80.4 Å². The van der Waals surface area contributed by atoms with Crippen molar-refractivity contribution in [3.63, 3.8) is 0 Å². The first-order valence-electron chi connectivity index (χ1n) is 12.8. The molecule has 0 saturated carbocycles. The molecule has 4 rings (SSSR count). The first-order chi connectivity index (χ1) is 17.8. The van der Waals surface area contributed by atoms with Gasteiger partial charge in [0.2, 0.25) is 0 Å². The fraction of sp³-hybridized carbons (Fsp3) is 0.312. The maximum Gasteiger partial charge on any atom is 0.338 e. The minimum atomic E-state index is -0.441. The average molecular weight is 529 g/mol. The second-order valence-corrected chi connectivity index (χ2v) is 12.4. The highest BCUT2D eigenvalue weighted by Crippen LogP contribution is 2.47. The molecule has 6 heteroatoms. The van der Waals surface area contributed by atoms with Gasteiger partial charge in [0.15, 0.2) is 0 Å². The minimum Gasteiger partial charge on any atom is -0.507 e. The minimum absolute atomic E-state index is 0.216. The first-order valence-corrected chi connectivity index (χ1v) is 13.7. The number of thiophene rings is 1. The Morgan fingerprint density at radius 2 is 1.63 bits per heavy atom. The number of carbonyl (C=O) groups is 1. The van der Waals surface area contributed by atoms with E-state index >= 15 is 0 Å². The smallest absolute Gasteiger partial charge is 0.338 e. The molecule has 2 aromatic carbocycles. The van der Waals surface area contributed by atoms with Crippen LogP contribution in [0.15, 0.2) is 60.1 Å². The Kier molecular flexibility index (Phi) is 7.39. The summed E-state index contributed by atoms with van der Waals surface area (Å²) in [6.07, 6.45) is 1.85. The van der Waals surface area contributed by atoms with Crippen molar-refractivity contribution in [3.05, 3.63) is 87.2 Å². The van der Waals surface area contributed by atoms with Crippen LogP contribution >= 0.6 is 11.3 Å². The third-order valence-electron chi connectivity index (χ3n) is 6.60. The molecule has 0 bridgehead atoms. The van der Waals surface area contributed by atoms with Crippen LogP contribution in [0.4, 0.5) is 0 Å².